The molecule has 1 aromatic carbocycles. The first-order valence-electron chi connectivity index (χ1n) is 9.26. The summed E-state index contributed by atoms with van der Waals surface area (Å²) in [5.74, 6) is -0.566. The molecule has 0 bridgehead atoms. The lowest BCUT2D eigenvalue weighted by Gasteiger charge is -2.40. The average molecular weight is 347 g/mol. The number of para-hydroxylation sites is 1. The van der Waals surface area contributed by atoms with E-state index in [-0.39, 0.29) is 29.6 Å². The van der Waals surface area contributed by atoms with Crippen LogP contribution in [0.5, 0.6) is 0 Å². The molecule has 0 radical (unpaired) electrons. The Labute approximate surface area is 148 Å². The van der Waals surface area contributed by atoms with Gasteiger partial charge < -0.3 is 15.5 Å². The van der Waals surface area contributed by atoms with Gasteiger partial charge in [0.25, 0.3) is 0 Å². The van der Waals surface area contributed by atoms with Crippen LogP contribution in [-0.4, -0.2) is 36.0 Å². The molecule has 136 valence electrons. The summed E-state index contributed by atoms with van der Waals surface area (Å²) in [5.41, 5.74) is 0.182. The average Bonchev–Trinajstić information content (AvgIpc) is 2.63. The molecule has 1 aromatic rings. The van der Waals surface area contributed by atoms with Crippen molar-refractivity contribution < 1.29 is 14.0 Å². The van der Waals surface area contributed by atoms with Crippen LogP contribution in [-0.2, 0) is 4.79 Å². The van der Waals surface area contributed by atoms with E-state index in [1.54, 1.807) is 23.1 Å². The number of halogens is 1. The monoisotopic (exact) mass is 347 g/mol. The number of fused-ring (bicyclic) bond motifs is 1. The highest BCUT2D eigenvalue weighted by Gasteiger charge is 2.37. The Morgan fingerprint density at radius 1 is 1.12 bits per heavy atom. The van der Waals surface area contributed by atoms with Crippen molar-refractivity contribution in [2.45, 2.75) is 51.0 Å². The van der Waals surface area contributed by atoms with E-state index in [0.29, 0.717) is 13.1 Å². The third kappa shape index (κ3) is 4.30. The number of benzene rings is 1. The molecule has 1 aliphatic carbocycles. The van der Waals surface area contributed by atoms with Crippen molar-refractivity contribution in [3.63, 3.8) is 0 Å². The Bertz CT molecular complexity index is 622. The number of rotatable bonds is 1. The van der Waals surface area contributed by atoms with E-state index in [0.717, 1.165) is 44.9 Å². The zero-order valence-electron chi connectivity index (χ0n) is 14.5. The molecule has 3 rings (SSSR count). The van der Waals surface area contributed by atoms with Crippen LogP contribution in [0.1, 0.15) is 44.9 Å². The third-order valence-corrected chi connectivity index (χ3v) is 5.22. The number of carbonyl (C=O) groups is 2. The normalized spacial score (nSPS) is 24.8. The fourth-order valence-electron chi connectivity index (χ4n) is 3.88. The minimum atomic E-state index is -0.449. The molecule has 6 heteroatoms. The maximum atomic E-state index is 13.9. The molecule has 5 nitrogen and oxygen atoms in total. The molecule has 1 saturated carbocycles. The Morgan fingerprint density at radius 2 is 1.92 bits per heavy atom. The van der Waals surface area contributed by atoms with Gasteiger partial charge in [0.2, 0.25) is 5.91 Å². The topological polar surface area (TPSA) is 61.4 Å². The predicted octanol–water partition coefficient (Wildman–Crippen LogP) is 3.52. The van der Waals surface area contributed by atoms with Crippen LogP contribution >= 0.6 is 0 Å². The van der Waals surface area contributed by atoms with E-state index in [2.05, 4.69) is 10.6 Å². The molecule has 1 heterocycles. The highest BCUT2D eigenvalue weighted by molar-refractivity contribution is 5.90. The number of nitrogens with zero attached hydrogens (tertiary/aromatic N) is 1. The molecule has 2 N–H and O–H groups in total. The summed E-state index contributed by atoms with van der Waals surface area (Å²) in [4.78, 5) is 27.1. The largest absolute Gasteiger partial charge is 0.356 e. The van der Waals surface area contributed by atoms with Gasteiger partial charge in [-0.2, -0.15) is 0 Å². The van der Waals surface area contributed by atoms with Gasteiger partial charge in [0.05, 0.1) is 11.6 Å². The first kappa shape index (κ1) is 17.7. The van der Waals surface area contributed by atoms with Gasteiger partial charge in [-0.3, -0.25) is 4.79 Å². The van der Waals surface area contributed by atoms with Crippen LogP contribution in [0, 0.1) is 11.7 Å². The second-order valence-electron chi connectivity index (χ2n) is 6.91. The number of anilines is 1. The van der Waals surface area contributed by atoms with Crippen LogP contribution < -0.4 is 10.6 Å². The van der Waals surface area contributed by atoms with Gasteiger partial charge in [0.15, 0.2) is 0 Å². The van der Waals surface area contributed by atoms with Crippen LogP contribution in [0.4, 0.5) is 14.9 Å². The highest BCUT2D eigenvalue weighted by Crippen LogP contribution is 2.30. The van der Waals surface area contributed by atoms with E-state index >= 15 is 0 Å². The van der Waals surface area contributed by atoms with Crippen molar-refractivity contribution in [3.8, 4) is 0 Å². The minimum Gasteiger partial charge on any atom is -0.356 e. The molecule has 2 fully saturated rings. The van der Waals surface area contributed by atoms with Crippen molar-refractivity contribution in [3.05, 3.63) is 30.1 Å². The number of urea groups is 1. The molecular weight excluding hydrogens is 321 g/mol. The zero-order valence-corrected chi connectivity index (χ0v) is 14.5. The maximum absolute atomic E-state index is 13.9. The molecule has 2 unspecified atom stereocenters. The van der Waals surface area contributed by atoms with Crippen molar-refractivity contribution in [1.29, 1.82) is 0 Å². The first-order chi connectivity index (χ1) is 12.2. The minimum absolute atomic E-state index is 0.0512. The summed E-state index contributed by atoms with van der Waals surface area (Å²) in [6.07, 6.45) is 6.43. The Kier molecular flexibility index (Phi) is 5.89. The summed E-state index contributed by atoms with van der Waals surface area (Å²) in [6.45, 7) is 1.32. The van der Waals surface area contributed by atoms with E-state index in [4.69, 9.17) is 0 Å². The van der Waals surface area contributed by atoms with Gasteiger partial charge in [-0.15, -0.1) is 0 Å². The standard InChI is InChI=1S/C19H26FN3O2/c20-15-9-3-4-10-16(15)22-19(25)23-13-7-1-6-12-21-18(24)14-8-2-5-11-17(14)23/h3-4,9-10,14,17H,1-2,5-8,11-13H2,(H,21,24)(H,22,25). The number of hydrogen-bond acceptors (Lipinski definition) is 2. The number of nitrogens with one attached hydrogen (secondary N) is 2. The molecule has 1 saturated heterocycles. The van der Waals surface area contributed by atoms with Gasteiger partial charge in [-0.05, 0) is 44.2 Å². The lowest BCUT2D eigenvalue weighted by atomic mass is 9.82. The summed E-state index contributed by atoms with van der Waals surface area (Å²) in [7, 11) is 0. The Morgan fingerprint density at radius 3 is 2.76 bits per heavy atom. The second-order valence-corrected chi connectivity index (χ2v) is 6.91. The van der Waals surface area contributed by atoms with Gasteiger partial charge in [0, 0.05) is 19.1 Å². The smallest absolute Gasteiger partial charge is 0.322 e. The maximum Gasteiger partial charge on any atom is 0.322 e. The quantitative estimate of drug-likeness (QED) is 0.816. The summed E-state index contributed by atoms with van der Waals surface area (Å²) < 4.78 is 13.9. The van der Waals surface area contributed by atoms with Crippen molar-refractivity contribution in [1.82, 2.24) is 10.2 Å². The van der Waals surface area contributed by atoms with Gasteiger partial charge in [0.1, 0.15) is 5.82 Å². The highest BCUT2D eigenvalue weighted by atomic mass is 19.1. The van der Waals surface area contributed by atoms with Crippen molar-refractivity contribution in [2.75, 3.05) is 18.4 Å². The van der Waals surface area contributed by atoms with E-state index in [1.165, 1.54) is 6.07 Å². The molecule has 2 aliphatic rings. The molecular formula is C19H26FN3O2. The molecule has 25 heavy (non-hydrogen) atoms. The van der Waals surface area contributed by atoms with Crippen LogP contribution in [0.15, 0.2) is 24.3 Å². The van der Waals surface area contributed by atoms with E-state index < -0.39 is 5.82 Å². The van der Waals surface area contributed by atoms with Crippen LogP contribution in [0.25, 0.3) is 0 Å². The fraction of sp³-hybridized carbons (Fsp3) is 0.579. The second kappa shape index (κ2) is 8.32. The first-order valence-corrected chi connectivity index (χ1v) is 9.26. The number of carbonyl (C=O) groups excluding carboxylic acids is 2. The summed E-state index contributed by atoms with van der Waals surface area (Å²) in [6, 6.07) is 5.75. The SMILES string of the molecule is O=C1NCCCCCN(C(=O)Nc2ccccc2F)C2CCCCC12. The predicted molar refractivity (Wildman–Crippen MR) is 94.7 cm³/mol. The van der Waals surface area contributed by atoms with Gasteiger partial charge in [-0.25, -0.2) is 9.18 Å². The van der Waals surface area contributed by atoms with Crippen LogP contribution in [0.3, 0.4) is 0 Å². The van der Waals surface area contributed by atoms with Crippen LogP contribution in [0.2, 0.25) is 0 Å². The molecule has 0 aromatic heterocycles. The number of hydrogen-bond donors (Lipinski definition) is 2. The number of amides is 3. The molecule has 3 amide bonds. The molecule has 2 atom stereocenters. The van der Waals surface area contributed by atoms with Crippen molar-refractivity contribution in [2.24, 2.45) is 5.92 Å². The van der Waals surface area contributed by atoms with Crippen molar-refractivity contribution >= 4 is 17.6 Å². The summed E-state index contributed by atoms with van der Waals surface area (Å²) >= 11 is 0. The lowest BCUT2D eigenvalue weighted by Crippen LogP contribution is -2.52. The molecule has 1 aliphatic heterocycles. The lowest BCUT2D eigenvalue weighted by molar-refractivity contribution is -0.128. The summed E-state index contributed by atoms with van der Waals surface area (Å²) in [5, 5.41) is 5.70. The Hall–Kier alpha value is -2.11. The van der Waals surface area contributed by atoms with E-state index in [1.807, 2.05) is 0 Å². The fourth-order valence-corrected chi connectivity index (χ4v) is 3.88. The van der Waals surface area contributed by atoms with Gasteiger partial charge in [-0.1, -0.05) is 25.0 Å². The zero-order chi connectivity index (χ0) is 17.6. The Balaban J connectivity index is 1.80. The van der Waals surface area contributed by atoms with E-state index in [9.17, 15) is 14.0 Å². The van der Waals surface area contributed by atoms with Gasteiger partial charge >= 0.3 is 6.03 Å². The molecule has 0 spiro atoms. The third-order valence-electron chi connectivity index (χ3n) is 5.22.